The molecule has 2 aromatic rings. The molecule has 0 fully saturated rings. The van der Waals surface area contributed by atoms with Crippen molar-refractivity contribution in [3.05, 3.63) is 40.1 Å². The van der Waals surface area contributed by atoms with Gasteiger partial charge in [0.1, 0.15) is 0 Å². The number of thiophene rings is 1. The number of amides is 1. The molecule has 1 aliphatic heterocycles. The van der Waals surface area contributed by atoms with Gasteiger partial charge in [0.2, 0.25) is 12.7 Å². The van der Waals surface area contributed by atoms with E-state index < -0.39 is 0 Å². The Morgan fingerprint density at radius 2 is 2.14 bits per heavy atom. The number of fused-ring (bicyclic) bond motifs is 1. The number of likely N-dealkylation sites (N-methyl/N-ethyl adjacent to an activating group) is 1. The zero-order valence-corrected chi connectivity index (χ0v) is 13.4. The lowest BCUT2D eigenvalue weighted by molar-refractivity contribution is -0.117. The summed E-state index contributed by atoms with van der Waals surface area (Å²) in [6.07, 6.45) is 0. The summed E-state index contributed by atoms with van der Waals surface area (Å²) in [4.78, 5) is 15.4. The third-order valence-electron chi connectivity index (χ3n) is 3.45. The van der Waals surface area contributed by atoms with Gasteiger partial charge < -0.3 is 14.8 Å². The topological polar surface area (TPSA) is 50.8 Å². The molecule has 0 bridgehead atoms. The molecule has 0 radical (unpaired) electrons. The third kappa shape index (κ3) is 3.40. The Labute approximate surface area is 133 Å². The van der Waals surface area contributed by atoms with Gasteiger partial charge in [-0.05, 0) is 43.1 Å². The summed E-state index contributed by atoms with van der Waals surface area (Å²) < 4.78 is 10.6. The third-order valence-corrected chi connectivity index (χ3v) is 4.46. The van der Waals surface area contributed by atoms with Crippen LogP contribution in [0.3, 0.4) is 0 Å². The Morgan fingerprint density at radius 1 is 1.32 bits per heavy atom. The molecule has 0 saturated heterocycles. The highest BCUT2D eigenvalue weighted by Gasteiger charge is 2.15. The Kier molecular flexibility index (Phi) is 4.31. The zero-order valence-electron chi connectivity index (χ0n) is 12.6. The number of carbonyl (C=O) groups excluding carboxylic acids is 1. The SMILES string of the molecule is Cc1ccsc1CN(C)CC(=O)Nc1ccc2c(c1)OCO2. The molecule has 0 saturated carbocycles. The summed E-state index contributed by atoms with van der Waals surface area (Å²) in [5, 5.41) is 4.96. The summed E-state index contributed by atoms with van der Waals surface area (Å²) in [7, 11) is 1.94. The van der Waals surface area contributed by atoms with Crippen molar-refractivity contribution in [3.63, 3.8) is 0 Å². The minimum Gasteiger partial charge on any atom is -0.454 e. The molecule has 1 aliphatic rings. The van der Waals surface area contributed by atoms with Gasteiger partial charge >= 0.3 is 0 Å². The average molecular weight is 318 g/mol. The molecule has 5 nitrogen and oxygen atoms in total. The number of hydrogen-bond donors (Lipinski definition) is 1. The lowest BCUT2D eigenvalue weighted by Gasteiger charge is -2.16. The van der Waals surface area contributed by atoms with Crippen LogP contribution in [-0.4, -0.2) is 31.2 Å². The van der Waals surface area contributed by atoms with Gasteiger partial charge in [-0.15, -0.1) is 11.3 Å². The van der Waals surface area contributed by atoms with Crippen molar-refractivity contribution in [3.8, 4) is 11.5 Å². The van der Waals surface area contributed by atoms with Gasteiger partial charge in [-0.3, -0.25) is 9.69 Å². The van der Waals surface area contributed by atoms with E-state index in [1.807, 2.05) is 18.0 Å². The van der Waals surface area contributed by atoms with Crippen LogP contribution in [0, 0.1) is 6.92 Å². The van der Waals surface area contributed by atoms with Crippen LogP contribution in [-0.2, 0) is 11.3 Å². The van der Waals surface area contributed by atoms with E-state index in [2.05, 4.69) is 23.7 Å². The maximum atomic E-state index is 12.1. The quantitative estimate of drug-likeness (QED) is 0.921. The maximum absolute atomic E-state index is 12.1. The minimum atomic E-state index is -0.0458. The molecule has 1 N–H and O–H groups in total. The molecule has 116 valence electrons. The van der Waals surface area contributed by atoms with E-state index in [-0.39, 0.29) is 12.7 Å². The monoisotopic (exact) mass is 318 g/mol. The number of aryl methyl sites for hydroxylation is 1. The van der Waals surface area contributed by atoms with Crippen molar-refractivity contribution in [2.75, 3.05) is 25.7 Å². The number of ether oxygens (including phenoxy) is 2. The van der Waals surface area contributed by atoms with Crippen molar-refractivity contribution in [1.82, 2.24) is 4.90 Å². The maximum Gasteiger partial charge on any atom is 0.238 e. The van der Waals surface area contributed by atoms with Crippen molar-refractivity contribution in [1.29, 1.82) is 0 Å². The van der Waals surface area contributed by atoms with E-state index in [1.165, 1.54) is 10.4 Å². The highest BCUT2D eigenvalue weighted by molar-refractivity contribution is 7.10. The number of nitrogens with zero attached hydrogens (tertiary/aromatic N) is 1. The van der Waals surface area contributed by atoms with Gasteiger partial charge in [-0.1, -0.05) is 0 Å². The summed E-state index contributed by atoms with van der Waals surface area (Å²) in [5.41, 5.74) is 1.99. The van der Waals surface area contributed by atoms with Gasteiger partial charge in [0.05, 0.1) is 6.54 Å². The van der Waals surface area contributed by atoms with Gasteiger partial charge in [0.15, 0.2) is 11.5 Å². The molecular weight excluding hydrogens is 300 g/mol. The number of rotatable bonds is 5. The number of nitrogens with one attached hydrogen (secondary N) is 1. The molecule has 2 heterocycles. The fourth-order valence-corrected chi connectivity index (χ4v) is 3.27. The van der Waals surface area contributed by atoms with E-state index in [4.69, 9.17) is 9.47 Å². The summed E-state index contributed by atoms with van der Waals surface area (Å²) in [6, 6.07) is 7.50. The first-order chi connectivity index (χ1) is 10.6. The highest BCUT2D eigenvalue weighted by Crippen LogP contribution is 2.34. The van der Waals surface area contributed by atoms with Crippen LogP contribution < -0.4 is 14.8 Å². The molecule has 6 heteroatoms. The molecular formula is C16H18N2O3S. The highest BCUT2D eigenvalue weighted by atomic mass is 32.1. The molecule has 22 heavy (non-hydrogen) atoms. The molecule has 1 aromatic heterocycles. The average Bonchev–Trinajstić information content (AvgIpc) is 3.07. The summed E-state index contributed by atoms with van der Waals surface area (Å²) >= 11 is 1.72. The first-order valence-corrected chi connectivity index (χ1v) is 7.91. The summed E-state index contributed by atoms with van der Waals surface area (Å²) in [6.45, 7) is 3.44. The van der Waals surface area contributed by atoms with Gasteiger partial charge in [-0.2, -0.15) is 0 Å². The second-order valence-corrected chi connectivity index (χ2v) is 6.32. The number of benzene rings is 1. The van der Waals surface area contributed by atoms with E-state index in [1.54, 1.807) is 23.5 Å². The smallest absolute Gasteiger partial charge is 0.238 e. The summed E-state index contributed by atoms with van der Waals surface area (Å²) in [5.74, 6) is 1.33. The van der Waals surface area contributed by atoms with Gasteiger partial charge in [0.25, 0.3) is 0 Å². The first-order valence-electron chi connectivity index (χ1n) is 7.03. The second-order valence-electron chi connectivity index (χ2n) is 5.32. The molecule has 1 aromatic carbocycles. The van der Waals surface area contributed by atoms with Crippen molar-refractivity contribution >= 4 is 22.9 Å². The van der Waals surface area contributed by atoms with Crippen LogP contribution in [0.15, 0.2) is 29.6 Å². The number of hydrogen-bond acceptors (Lipinski definition) is 5. The first kappa shape index (κ1) is 14.9. The van der Waals surface area contributed by atoms with E-state index in [0.717, 1.165) is 12.2 Å². The minimum absolute atomic E-state index is 0.0458. The Balaban J connectivity index is 1.55. The predicted molar refractivity (Wildman–Crippen MR) is 86.6 cm³/mol. The van der Waals surface area contributed by atoms with Gasteiger partial charge in [0, 0.05) is 23.2 Å². The van der Waals surface area contributed by atoms with Crippen molar-refractivity contribution in [2.45, 2.75) is 13.5 Å². The molecule has 1 amide bonds. The Morgan fingerprint density at radius 3 is 2.91 bits per heavy atom. The van der Waals surface area contributed by atoms with Crippen LogP contribution in [0.25, 0.3) is 0 Å². The standard InChI is InChI=1S/C16H18N2O3S/c1-11-5-6-22-15(11)8-18(2)9-16(19)17-12-3-4-13-14(7-12)21-10-20-13/h3-7H,8-10H2,1-2H3,(H,17,19). The predicted octanol–water partition coefficient (Wildman–Crippen LogP) is 2.86. The molecule has 0 atom stereocenters. The molecule has 0 aliphatic carbocycles. The zero-order chi connectivity index (χ0) is 15.5. The van der Waals surface area contributed by atoms with Crippen LogP contribution in [0.1, 0.15) is 10.4 Å². The van der Waals surface area contributed by atoms with Crippen LogP contribution in [0.4, 0.5) is 5.69 Å². The molecule has 3 rings (SSSR count). The molecule has 0 spiro atoms. The second kappa shape index (κ2) is 6.37. The Hall–Kier alpha value is -2.05. The Bertz CT molecular complexity index is 684. The lowest BCUT2D eigenvalue weighted by atomic mass is 10.2. The van der Waals surface area contributed by atoms with Crippen LogP contribution >= 0.6 is 11.3 Å². The lowest BCUT2D eigenvalue weighted by Crippen LogP contribution is -2.29. The number of carbonyl (C=O) groups is 1. The van der Waals surface area contributed by atoms with E-state index in [9.17, 15) is 4.79 Å². The molecule has 0 unspecified atom stereocenters. The van der Waals surface area contributed by atoms with E-state index >= 15 is 0 Å². The van der Waals surface area contributed by atoms with Gasteiger partial charge in [-0.25, -0.2) is 0 Å². The van der Waals surface area contributed by atoms with Crippen molar-refractivity contribution < 1.29 is 14.3 Å². The van der Waals surface area contributed by atoms with Crippen LogP contribution in [0.5, 0.6) is 11.5 Å². The fourth-order valence-electron chi connectivity index (χ4n) is 2.29. The fraction of sp³-hybridized carbons (Fsp3) is 0.312. The largest absolute Gasteiger partial charge is 0.454 e. The number of anilines is 1. The van der Waals surface area contributed by atoms with E-state index in [0.29, 0.717) is 18.0 Å². The van der Waals surface area contributed by atoms with Crippen molar-refractivity contribution in [2.24, 2.45) is 0 Å². The normalized spacial score (nSPS) is 12.7. The van der Waals surface area contributed by atoms with Crippen LogP contribution in [0.2, 0.25) is 0 Å².